The number of imide groups is 1. The van der Waals surface area contributed by atoms with Gasteiger partial charge < -0.3 is 10.6 Å². The van der Waals surface area contributed by atoms with E-state index in [9.17, 15) is 14.4 Å². The molecular formula is C26H27N5O3. The van der Waals surface area contributed by atoms with Crippen molar-refractivity contribution in [2.24, 2.45) is 0 Å². The lowest BCUT2D eigenvalue weighted by molar-refractivity contribution is -0.133. The second kappa shape index (κ2) is 8.78. The fourth-order valence-electron chi connectivity index (χ4n) is 4.81. The van der Waals surface area contributed by atoms with Crippen molar-refractivity contribution in [2.45, 2.75) is 44.1 Å². The molecule has 0 bridgehead atoms. The highest BCUT2D eigenvalue weighted by atomic mass is 16.2. The molecule has 2 aromatic carbocycles. The zero-order valence-corrected chi connectivity index (χ0v) is 19.0. The number of anilines is 1. The Bertz CT molecular complexity index is 1220. The van der Waals surface area contributed by atoms with Crippen LogP contribution in [0.2, 0.25) is 0 Å². The summed E-state index contributed by atoms with van der Waals surface area (Å²) >= 11 is 0. The third-order valence-electron chi connectivity index (χ3n) is 6.70. The van der Waals surface area contributed by atoms with E-state index in [-0.39, 0.29) is 6.54 Å². The van der Waals surface area contributed by atoms with Crippen LogP contribution >= 0.6 is 0 Å². The highest BCUT2D eigenvalue weighted by molar-refractivity contribution is 6.10. The third-order valence-corrected chi connectivity index (χ3v) is 6.70. The van der Waals surface area contributed by atoms with Crippen LogP contribution in [0.4, 0.5) is 10.6 Å². The van der Waals surface area contributed by atoms with Gasteiger partial charge in [-0.15, -0.1) is 0 Å². The van der Waals surface area contributed by atoms with Crippen molar-refractivity contribution >= 4 is 23.7 Å². The van der Waals surface area contributed by atoms with E-state index in [2.05, 4.69) is 10.6 Å². The molecule has 1 unspecified atom stereocenters. The molecule has 34 heavy (non-hydrogen) atoms. The highest BCUT2D eigenvalue weighted by Gasteiger charge is 2.49. The van der Waals surface area contributed by atoms with Crippen molar-refractivity contribution in [3.8, 4) is 5.69 Å². The molecule has 3 aromatic rings. The predicted octanol–water partition coefficient (Wildman–Crippen LogP) is 3.94. The number of hydrogen-bond acceptors (Lipinski definition) is 4. The second-order valence-corrected chi connectivity index (χ2v) is 9.04. The molecule has 2 heterocycles. The molecule has 0 radical (unpaired) electrons. The minimum Gasteiger partial charge on any atom is -0.319 e. The first-order valence-electron chi connectivity index (χ1n) is 11.6. The van der Waals surface area contributed by atoms with Crippen LogP contribution in [0.15, 0.2) is 66.7 Å². The van der Waals surface area contributed by atoms with Crippen molar-refractivity contribution in [2.75, 3.05) is 11.9 Å². The lowest BCUT2D eigenvalue weighted by atomic mass is 9.92. The number of aromatic nitrogens is 2. The predicted molar refractivity (Wildman–Crippen MR) is 127 cm³/mol. The lowest BCUT2D eigenvalue weighted by Gasteiger charge is -2.22. The molecule has 1 aromatic heterocycles. The van der Waals surface area contributed by atoms with Crippen LogP contribution in [-0.4, -0.2) is 39.1 Å². The normalized spacial score (nSPS) is 20.6. The molecule has 1 saturated heterocycles. The minimum absolute atomic E-state index is 0.373. The van der Waals surface area contributed by atoms with Gasteiger partial charge in [0.25, 0.3) is 5.91 Å². The maximum Gasteiger partial charge on any atom is 0.325 e. The monoisotopic (exact) mass is 457 g/mol. The van der Waals surface area contributed by atoms with E-state index in [1.165, 1.54) is 12.8 Å². The molecule has 2 aliphatic rings. The first-order chi connectivity index (χ1) is 16.5. The Morgan fingerprint density at radius 3 is 2.38 bits per heavy atom. The Labute approximate surface area is 197 Å². The molecule has 1 saturated carbocycles. The van der Waals surface area contributed by atoms with Gasteiger partial charge in [-0.3, -0.25) is 14.5 Å². The van der Waals surface area contributed by atoms with Crippen molar-refractivity contribution < 1.29 is 14.4 Å². The number of nitrogens with one attached hydrogen (secondary N) is 2. The summed E-state index contributed by atoms with van der Waals surface area (Å²) < 4.78 is 1.71. The van der Waals surface area contributed by atoms with Crippen LogP contribution < -0.4 is 10.6 Å². The number of amides is 4. The standard InChI is InChI=1S/C26H27N5O3/c1-26(19-12-4-2-5-13-19)24(33)30(25(34)28-26)17-23(32)27-22-16-21(18-10-8-9-11-18)29-31(22)20-14-6-3-7-15-20/h2-7,12-16,18H,8-11,17H2,1H3,(H,27,32)(H,28,34). The van der Waals surface area contributed by atoms with Gasteiger partial charge >= 0.3 is 6.03 Å². The maximum atomic E-state index is 13.1. The largest absolute Gasteiger partial charge is 0.325 e. The molecule has 8 nitrogen and oxygen atoms in total. The van der Waals surface area contributed by atoms with Crippen molar-refractivity contribution in [3.05, 3.63) is 78.0 Å². The summed E-state index contributed by atoms with van der Waals surface area (Å²) in [6.07, 6.45) is 4.52. The Hall–Kier alpha value is -3.94. The summed E-state index contributed by atoms with van der Waals surface area (Å²) in [4.78, 5) is 39.7. The van der Waals surface area contributed by atoms with Crippen LogP contribution in [0.3, 0.4) is 0 Å². The summed E-state index contributed by atoms with van der Waals surface area (Å²) in [5, 5.41) is 10.4. The average Bonchev–Trinajstić information content (AvgIpc) is 3.57. The van der Waals surface area contributed by atoms with E-state index in [4.69, 9.17) is 5.10 Å². The van der Waals surface area contributed by atoms with Gasteiger partial charge in [-0.2, -0.15) is 5.10 Å². The molecule has 5 rings (SSSR count). The van der Waals surface area contributed by atoms with E-state index in [1.807, 2.05) is 54.6 Å². The van der Waals surface area contributed by atoms with E-state index in [0.29, 0.717) is 17.3 Å². The van der Waals surface area contributed by atoms with Crippen LogP contribution in [0.1, 0.15) is 49.8 Å². The molecule has 1 aliphatic carbocycles. The highest BCUT2D eigenvalue weighted by Crippen LogP contribution is 2.35. The van der Waals surface area contributed by atoms with E-state index < -0.39 is 23.4 Å². The minimum atomic E-state index is -1.21. The smallest absolute Gasteiger partial charge is 0.319 e. The van der Waals surface area contributed by atoms with E-state index >= 15 is 0 Å². The quantitative estimate of drug-likeness (QED) is 0.548. The molecule has 2 N–H and O–H groups in total. The number of nitrogens with zero attached hydrogens (tertiary/aromatic N) is 3. The van der Waals surface area contributed by atoms with E-state index in [0.717, 1.165) is 29.1 Å². The molecule has 8 heteroatoms. The third kappa shape index (κ3) is 3.96. The van der Waals surface area contributed by atoms with Crippen molar-refractivity contribution in [3.63, 3.8) is 0 Å². The SMILES string of the molecule is CC1(c2ccccc2)NC(=O)N(CC(=O)Nc2cc(C3CCCC3)nn2-c2ccccc2)C1=O. The van der Waals surface area contributed by atoms with Crippen molar-refractivity contribution in [1.29, 1.82) is 0 Å². The number of benzene rings is 2. The summed E-state index contributed by atoms with van der Waals surface area (Å²) in [5.74, 6) is -0.0213. The van der Waals surface area contributed by atoms with Gasteiger partial charge in [0.2, 0.25) is 5.91 Å². The summed E-state index contributed by atoms with van der Waals surface area (Å²) in [7, 11) is 0. The number of rotatable bonds is 6. The topological polar surface area (TPSA) is 96.3 Å². The van der Waals surface area contributed by atoms with Gasteiger partial charge in [-0.05, 0) is 37.5 Å². The van der Waals surface area contributed by atoms with E-state index in [1.54, 1.807) is 23.7 Å². The van der Waals surface area contributed by atoms with Crippen LogP contribution in [0.5, 0.6) is 0 Å². The zero-order valence-electron chi connectivity index (χ0n) is 19.0. The Morgan fingerprint density at radius 2 is 1.71 bits per heavy atom. The van der Waals surface area contributed by atoms with Crippen LogP contribution in [-0.2, 0) is 15.1 Å². The fourth-order valence-corrected chi connectivity index (χ4v) is 4.81. The van der Waals surface area contributed by atoms with Gasteiger partial charge in [0.1, 0.15) is 17.9 Å². The summed E-state index contributed by atoms with van der Waals surface area (Å²) in [6, 6.07) is 19.9. The fraction of sp³-hybridized carbons (Fsp3) is 0.308. The molecular weight excluding hydrogens is 430 g/mol. The van der Waals surface area contributed by atoms with Gasteiger partial charge in [0.05, 0.1) is 11.4 Å². The molecule has 4 amide bonds. The number of carbonyl (C=O) groups excluding carboxylic acids is 3. The van der Waals surface area contributed by atoms with Gasteiger partial charge in [-0.1, -0.05) is 61.4 Å². The summed E-state index contributed by atoms with van der Waals surface area (Å²) in [6.45, 7) is 1.27. The first-order valence-corrected chi connectivity index (χ1v) is 11.6. The Kier molecular flexibility index (Phi) is 5.65. The number of urea groups is 1. The van der Waals surface area contributed by atoms with Gasteiger partial charge in [0, 0.05) is 12.0 Å². The van der Waals surface area contributed by atoms with Gasteiger partial charge in [-0.25, -0.2) is 9.48 Å². The second-order valence-electron chi connectivity index (χ2n) is 9.04. The summed E-state index contributed by atoms with van der Waals surface area (Å²) in [5.41, 5.74) is 1.23. The van der Waals surface area contributed by atoms with Gasteiger partial charge in [0.15, 0.2) is 0 Å². The Balaban J connectivity index is 1.36. The molecule has 1 atom stereocenters. The number of hydrogen-bond donors (Lipinski definition) is 2. The zero-order chi connectivity index (χ0) is 23.7. The first kappa shape index (κ1) is 21.9. The average molecular weight is 458 g/mol. The Morgan fingerprint density at radius 1 is 1.06 bits per heavy atom. The molecule has 0 spiro atoms. The molecule has 2 fully saturated rings. The van der Waals surface area contributed by atoms with Crippen LogP contribution in [0, 0.1) is 0 Å². The maximum absolute atomic E-state index is 13.1. The number of para-hydroxylation sites is 1. The molecule has 1 aliphatic heterocycles. The van der Waals surface area contributed by atoms with Crippen LogP contribution in [0.25, 0.3) is 5.69 Å². The van der Waals surface area contributed by atoms with Crippen molar-refractivity contribution in [1.82, 2.24) is 20.0 Å². The lowest BCUT2D eigenvalue weighted by Crippen LogP contribution is -2.42. The molecule has 174 valence electrons. The number of carbonyl (C=O) groups is 3.